The van der Waals surface area contributed by atoms with Crippen molar-refractivity contribution in [2.75, 3.05) is 5.73 Å². The van der Waals surface area contributed by atoms with Gasteiger partial charge in [-0.3, -0.25) is 0 Å². The molecule has 15 heavy (non-hydrogen) atoms. The maximum atomic E-state index is 13.3. The molecule has 1 heterocycles. The summed E-state index contributed by atoms with van der Waals surface area (Å²) in [6, 6.07) is 6.01. The summed E-state index contributed by atoms with van der Waals surface area (Å²) in [7, 11) is 0. The number of ether oxygens (including phenoxy) is 1. The second-order valence-corrected chi connectivity index (χ2v) is 2.79. The standard InChI is InChI=1S/C10H8FN3O/c11-7-3-1-4-8(12)9(7)15-10-13-5-2-6-14-10/h1-6H,12H2. The molecule has 0 amide bonds. The zero-order valence-corrected chi connectivity index (χ0v) is 7.72. The predicted molar refractivity (Wildman–Crippen MR) is 52.9 cm³/mol. The summed E-state index contributed by atoms with van der Waals surface area (Å²) >= 11 is 0. The molecule has 0 spiro atoms. The summed E-state index contributed by atoms with van der Waals surface area (Å²) in [6.07, 6.45) is 3.00. The van der Waals surface area contributed by atoms with Gasteiger partial charge < -0.3 is 10.5 Å². The van der Waals surface area contributed by atoms with Crippen molar-refractivity contribution in [2.45, 2.75) is 0 Å². The third kappa shape index (κ3) is 2.01. The summed E-state index contributed by atoms with van der Waals surface area (Å²) in [5, 5.41) is 0. The Morgan fingerprint density at radius 1 is 1.13 bits per heavy atom. The molecule has 0 aliphatic carbocycles. The first kappa shape index (κ1) is 9.39. The Morgan fingerprint density at radius 3 is 2.53 bits per heavy atom. The highest BCUT2D eigenvalue weighted by Crippen LogP contribution is 2.27. The molecular weight excluding hydrogens is 197 g/mol. The van der Waals surface area contributed by atoms with Crippen molar-refractivity contribution < 1.29 is 9.13 Å². The fourth-order valence-corrected chi connectivity index (χ4v) is 1.06. The minimum atomic E-state index is -0.539. The number of benzene rings is 1. The molecule has 0 saturated carbocycles. The van der Waals surface area contributed by atoms with Gasteiger partial charge in [0, 0.05) is 12.4 Å². The lowest BCUT2D eigenvalue weighted by molar-refractivity contribution is 0.413. The van der Waals surface area contributed by atoms with E-state index in [1.165, 1.54) is 24.5 Å². The van der Waals surface area contributed by atoms with Gasteiger partial charge in [-0.05, 0) is 18.2 Å². The van der Waals surface area contributed by atoms with Gasteiger partial charge in [-0.15, -0.1) is 0 Å². The van der Waals surface area contributed by atoms with E-state index >= 15 is 0 Å². The molecule has 0 fully saturated rings. The smallest absolute Gasteiger partial charge is 0.322 e. The van der Waals surface area contributed by atoms with E-state index in [9.17, 15) is 4.39 Å². The van der Waals surface area contributed by atoms with Crippen molar-refractivity contribution in [3.05, 3.63) is 42.5 Å². The van der Waals surface area contributed by atoms with Crippen molar-refractivity contribution >= 4 is 5.69 Å². The minimum absolute atomic E-state index is 0.0521. The third-order valence-corrected chi connectivity index (χ3v) is 1.73. The van der Waals surface area contributed by atoms with Gasteiger partial charge in [0.1, 0.15) is 0 Å². The van der Waals surface area contributed by atoms with Crippen LogP contribution in [0.4, 0.5) is 10.1 Å². The molecule has 2 aromatic rings. The van der Waals surface area contributed by atoms with Crippen LogP contribution in [0.3, 0.4) is 0 Å². The van der Waals surface area contributed by atoms with Crippen molar-refractivity contribution in [1.82, 2.24) is 9.97 Å². The predicted octanol–water partition coefficient (Wildman–Crippen LogP) is 1.99. The molecule has 1 aromatic heterocycles. The Bertz CT molecular complexity index is 441. The number of nitrogens with zero attached hydrogens (tertiary/aromatic N) is 2. The molecule has 0 radical (unpaired) electrons. The van der Waals surface area contributed by atoms with Crippen LogP contribution in [-0.4, -0.2) is 9.97 Å². The molecule has 0 unspecified atom stereocenters. The van der Waals surface area contributed by atoms with Gasteiger partial charge in [-0.2, -0.15) is 0 Å². The first-order chi connectivity index (χ1) is 7.27. The molecule has 1 aromatic carbocycles. The van der Waals surface area contributed by atoms with Crippen LogP contribution in [0.15, 0.2) is 36.7 Å². The average Bonchev–Trinajstić information content (AvgIpc) is 2.25. The summed E-state index contributed by atoms with van der Waals surface area (Å²) in [6.45, 7) is 0. The Morgan fingerprint density at radius 2 is 1.87 bits per heavy atom. The van der Waals surface area contributed by atoms with Crippen molar-refractivity contribution in [3.8, 4) is 11.8 Å². The summed E-state index contributed by atoms with van der Waals surface area (Å²) < 4.78 is 18.4. The van der Waals surface area contributed by atoms with E-state index in [0.717, 1.165) is 0 Å². The van der Waals surface area contributed by atoms with Crippen LogP contribution in [-0.2, 0) is 0 Å². The summed E-state index contributed by atoms with van der Waals surface area (Å²) in [5.41, 5.74) is 5.76. The Hall–Kier alpha value is -2.17. The molecule has 4 nitrogen and oxygen atoms in total. The molecule has 0 aliphatic rings. The number of halogens is 1. The topological polar surface area (TPSA) is 61.0 Å². The maximum absolute atomic E-state index is 13.3. The second kappa shape index (κ2) is 3.91. The summed E-state index contributed by atoms with van der Waals surface area (Å²) in [4.78, 5) is 7.60. The van der Waals surface area contributed by atoms with Crippen LogP contribution in [0.5, 0.6) is 11.8 Å². The van der Waals surface area contributed by atoms with E-state index in [4.69, 9.17) is 10.5 Å². The minimum Gasteiger partial charge on any atom is -0.419 e. The summed E-state index contributed by atoms with van der Waals surface area (Å²) in [5.74, 6) is -0.592. The number of rotatable bonds is 2. The monoisotopic (exact) mass is 205 g/mol. The van der Waals surface area contributed by atoms with E-state index in [1.807, 2.05) is 0 Å². The molecule has 2 N–H and O–H groups in total. The van der Waals surface area contributed by atoms with Crippen LogP contribution >= 0.6 is 0 Å². The molecule has 0 bridgehead atoms. The normalized spacial score (nSPS) is 9.93. The number of nitrogen functional groups attached to an aromatic ring is 1. The van der Waals surface area contributed by atoms with Crippen LogP contribution in [0.25, 0.3) is 0 Å². The molecule has 0 saturated heterocycles. The van der Waals surface area contributed by atoms with Gasteiger partial charge >= 0.3 is 6.01 Å². The quantitative estimate of drug-likeness (QED) is 0.761. The highest BCUT2D eigenvalue weighted by molar-refractivity contribution is 5.53. The van der Waals surface area contributed by atoms with Crippen LogP contribution in [0.2, 0.25) is 0 Å². The first-order valence-corrected chi connectivity index (χ1v) is 4.26. The highest BCUT2D eigenvalue weighted by Gasteiger charge is 2.09. The molecule has 0 aliphatic heterocycles. The molecule has 2 rings (SSSR count). The number of hydrogen-bond acceptors (Lipinski definition) is 4. The van der Waals surface area contributed by atoms with Crippen LogP contribution in [0, 0.1) is 5.82 Å². The van der Waals surface area contributed by atoms with Gasteiger partial charge in [0.05, 0.1) is 5.69 Å². The Labute approximate surface area is 85.5 Å². The van der Waals surface area contributed by atoms with E-state index in [2.05, 4.69) is 9.97 Å². The lowest BCUT2D eigenvalue weighted by Crippen LogP contribution is -1.97. The SMILES string of the molecule is Nc1cccc(F)c1Oc1ncccn1. The maximum Gasteiger partial charge on any atom is 0.322 e. The zero-order valence-electron chi connectivity index (χ0n) is 7.72. The average molecular weight is 205 g/mol. The third-order valence-electron chi connectivity index (χ3n) is 1.73. The van der Waals surface area contributed by atoms with Gasteiger partial charge in [0.25, 0.3) is 0 Å². The Kier molecular flexibility index (Phi) is 2.45. The molecule has 76 valence electrons. The molecule has 5 heteroatoms. The highest BCUT2D eigenvalue weighted by atomic mass is 19.1. The van der Waals surface area contributed by atoms with Gasteiger partial charge in [-0.25, -0.2) is 14.4 Å². The number of nitrogens with two attached hydrogens (primary N) is 1. The Balaban J connectivity index is 2.32. The lowest BCUT2D eigenvalue weighted by Gasteiger charge is -2.06. The lowest BCUT2D eigenvalue weighted by atomic mass is 10.3. The fourth-order valence-electron chi connectivity index (χ4n) is 1.06. The van der Waals surface area contributed by atoms with Crippen molar-refractivity contribution in [3.63, 3.8) is 0 Å². The van der Waals surface area contributed by atoms with E-state index in [0.29, 0.717) is 0 Å². The van der Waals surface area contributed by atoms with E-state index in [-0.39, 0.29) is 17.4 Å². The molecule has 0 atom stereocenters. The molecular formula is C10H8FN3O. The fraction of sp³-hybridized carbons (Fsp3) is 0. The van der Waals surface area contributed by atoms with Gasteiger partial charge in [0.15, 0.2) is 11.6 Å². The van der Waals surface area contributed by atoms with Crippen LogP contribution < -0.4 is 10.5 Å². The van der Waals surface area contributed by atoms with Crippen molar-refractivity contribution in [1.29, 1.82) is 0 Å². The second-order valence-electron chi connectivity index (χ2n) is 2.79. The van der Waals surface area contributed by atoms with E-state index < -0.39 is 5.82 Å². The van der Waals surface area contributed by atoms with Gasteiger partial charge in [-0.1, -0.05) is 6.07 Å². The van der Waals surface area contributed by atoms with Crippen molar-refractivity contribution in [2.24, 2.45) is 0 Å². The van der Waals surface area contributed by atoms with Gasteiger partial charge in [0.2, 0.25) is 0 Å². The number of aromatic nitrogens is 2. The van der Waals surface area contributed by atoms with E-state index in [1.54, 1.807) is 12.1 Å². The number of hydrogen-bond donors (Lipinski definition) is 1. The largest absolute Gasteiger partial charge is 0.419 e. The van der Waals surface area contributed by atoms with Crippen LogP contribution in [0.1, 0.15) is 0 Å². The number of anilines is 1. The first-order valence-electron chi connectivity index (χ1n) is 4.26. The zero-order chi connectivity index (χ0) is 10.7. The number of para-hydroxylation sites is 1.